The van der Waals surface area contributed by atoms with Crippen molar-refractivity contribution in [2.45, 2.75) is 32.4 Å². The monoisotopic (exact) mass is 287 g/mol. The van der Waals surface area contributed by atoms with Crippen molar-refractivity contribution in [1.82, 2.24) is 0 Å². The highest BCUT2D eigenvalue weighted by atomic mass is 19.1. The molecule has 2 aromatic carbocycles. The predicted molar refractivity (Wildman–Crippen MR) is 83.4 cm³/mol. The second-order valence-electron chi connectivity index (χ2n) is 5.20. The summed E-state index contributed by atoms with van der Waals surface area (Å²) in [7, 11) is 0. The van der Waals surface area contributed by atoms with Crippen LogP contribution in [0.15, 0.2) is 48.5 Å². The molecular weight excluding hydrogens is 265 g/mol. The van der Waals surface area contributed by atoms with E-state index in [1.54, 1.807) is 18.2 Å². The van der Waals surface area contributed by atoms with E-state index in [1.165, 1.54) is 11.6 Å². The van der Waals surface area contributed by atoms with Crippen LogP contribution in [-0.2, 0) is 17.8 Å². The second kappa shape index (κ2) is 7.91. The van der Waals surface area contributed by atoms with Crippen LogP contribution in [0.25, 0.3) is 0 Å². The molecule has 0 heterocycles. The Labute approximate surface area is 125 Å². The maximum atomic E-state index is 13.4. The van der Waals surface area contributed by atoms with E-state index in [9.17, 15) is 4.39 Å². The van der Waals surface area contributed by atoms with Crippen molar-refractivity contribution < 1.29 is 9.13 Å². The van der Waals surface area contributed by atoms with E-state index in [4.69, 9.17) is 10.5 Å². The maximum absolute atomic E-state index is 13.4. The molecule has 3 heteroatoms. The van der Waals surface area contributed by atoms with Gasteiger partial charge in [-0.3, -0.25) is 0 Å². The Morgan fingerprint density at radius 1 is 1.10 bits per heavy atom. The summed E-state index contributed by atoms with van der Waals surface area (Å²) >= 11 is 0. The highest BCUT2D eigenvalue weighted by Gasteiger charge is 2.07. The number of aryl methyl sites for hydroxylation is 1. The van der Waals surface area contributed by atoms with E-state index in [-0.39, 0.29) is 18.5 Å². The summed E-state index contributed by atoms with van der Waals surface area (Å²) in [5.41, 5.74) is 9.03. The van der Waals surface area contributed by atoms with Crippen LogP contribution < -0.4 is 5.73 Å². The van der Waals surface area contributed by atoms with Crippen molar-refractivity contribution in [3.05, 3.63) is 71.0 Å². The highest BCUT2D eigenvalue weighted by Crippen LogP contribution is 2.14. The van der Waals surface area contributed by atoms with Crippen LogP contribution >= 0.6 is 0 Å². The zero-order valence-corrected chi connectivity index (χ0v) is 12.4. The molecule has 1 unspecified atom stereocenters. The number of benzene rings is 2. The molecule has 1 atom stereocenters. The topological polar surface area (TPSA) is 35.2 Å². The predicted octanol–water partition coefficient (Wildman–Crippen LogP) is 3.99. The van der Waals surface area contributed by atoms with E-state index in [0.717, 1.165) is 18.4 Å². The van der Waals surface area contributed by atoms with Gasteiger partial charge in [-0.2, -0.15) is 0 Å². The third-order valence-corrected chi connectivity index (χ3v) is 3.46. The van der Waals surface area contributed by atoms with Crippen LogP contribution in [0.5, 0.6) is 0 Å². The van der Waals surface area contributed by atoms with Crippen LogP contribution in [0, 0.1) is 5.82 Å². The number of nitrogens with two attached hydrogens (primary N) is 1. The SMILES string of the molecule is CCCc1ccc(C(N)COCc2ccccc2F)cc1. The molecule has 0 spiro atoms. The Hall–Kier alpha value is -1.71. The van der Waals surface area contributed by atoms with Crippen LogP contribution in [0.1, 0.15) is 36.1 Å². The van der Waals surface area contributed by atoms with E-state index < -0.39 is 0 Å². The number of ether oxygens (including phenoxy) is 1. The normalized spacial score (nSPS) is 12.3. The van der Waals surface area contributed by atoms with E-state index >= 15 is 0 Å². The van der Waals surface area contributed by atoms with E-state index in [0.29, 0.717) is 12.2 Å². The summed E-state index contributed by atoms with van der Waals surface area (Å²) in [6.45, 7) is 2.78. The zero-order chi connectivity index (χ0) is 15.1. The van der Waals surface area contributed by atoms with Gasteiger partial charge in [-0.05, 0) is 23.6 Å². The third-order valence-electron chi connectivity index (χ3n) is 3.46. The Morgan fingerprint density at radius 3 is 2.48 bits per heavy atom. The number of rotatable bonds is 7. The molecule has 0 aliphatic rings. The molecule has 0 aromatic heterocycles. The van der Waals surface area contributed by atoms with Gasteiger partial charge in [0.1, 0.15) is 5.82 Å². The Morgan fingerprint density at radius 2 is 1.81 bits per heavy atom. The lowest BCUT2D eigenvalue weighted by atomic mass is 10.0. The van der Waals surface area contributed by atoms with Crippen molar-refractivity contribution >= 4 is 0 Å². The molecule has 0 amide bonds. The van der Waals surface area contributed by atoms with E-state index in [2.05, 4.69) is 19.1 Å². The standard InChI is InChI=1S/C18H22FNO/c1-2-5-14-8-10-15(11-9-14)18(20)13-21-12-16-6-3-4-7-17(16)19/h3-4,6-11,18H,2,5,12-13,20H2,1H3. The highest BCUT2D eigenvalue weighted by molar-refractivity contribution is 5.25. The van der Waals surface area contributed by atoms with Gasteiger partial charge in [0.2, 0.25) is 0 Å². The molecule has 0 bridgehead atoms. The molecule has 0 aliphatic heterocycles. The smallest absolute Gasteiger partial charge is 0.128 e. The number of hydrogen-bond acceptors (Lipinski definition) is 2. The molecule has 0 saturated carbocycles. The first-order valence-electron chi connectivity index (χ1n) is 7.36. The van der Waals surface area contributed by atoms with Crippen molar-refractivity contribution in [2.24, 2.45) is 5.73 Å². The molecule has 0 fully saturated rings. The van der Waals surface area contributed by atoms with Crippen molar-refractivity contribution in [3.63, 3.8) is 0 Å². The molecule has 0 radical (unpaired) electrons. The fourth-order valence-corrected chi connectivity index (χ4v) is 2.23. The van der Waals surface area contributed by atoms with Gasteiger partial charge in [-0.1, -0.05) is 55.8 Å². The van der Waals surface area contributed by atoms with Gasteiger partial charge in [0.05, 0.1) is 19.3 Å². The Kier molecular flexibility index (Phi) is 5.90. The van der Waals surface area contributed by atoms with Gasteiger partial charge >= 0.3 is 0 Å². The quantitative estimate of drug-likeness (QED) is 0.835. The first-order chi connectivity index (χ1) is 10.2. The lowest BCUT2D eigenvalue weighted by Gasteiger charge is -2.13. The minimum absolute atomic E-state index is 0.188. The van der Waals surface area contributed by atoms with Gasteiger partial charge in [0, 0.05) is 5.56 Å². The Bertz CT molecular complexity index is 553. The number of hydrogen-bond donors (Lipinski definition) is 1. The van der Waals surface area contributed by atoms with Gasteiger partial charge in [-0.25, -0.2) is 4.39 Å². The van der Waals surface area contributed by atoms with Crippen molar-refractivity contribution in [2.75, 3.05) is 6.61 Å². The van der Waals surface area contributed by atoms with Gasteiger partial charge in [0.25, 0.3) is 0 Å². The molecule has 0 saturated heterocycles. The summed E-state index contributed by atoms with van der Waals surface area (Å²) in [5, 5.41) is 0. The first-order valence-corrected chi connectivity index (χ1v) is 7.36. The summed E-state index contributed by atoms with van der Waals surface area (Å²) in [5.74, 6) is -0.241. The maximum Gasteiger partial charge on any atom is 0.128 e. The minimum atomic E-state index is -0.241. The second-order valence-corrected chi connectivity index (χ2v) is 5.20. The van der Waals surface area contributed by atoms with Gasteiger partial charge in [-0.15, -0.1) is 0 Å². The molecular formula is C18H22FNO. The average Bonchev–Trinajstić information content (AvgIpc) is 2.50. The van der Waals surface area contributed by atoms with Crippen LogP contribution in [0.2, 0.25) is 0 Å². The molecule has 2 nitrogen and oxygen atoms in total. The largest absolute Gasteiger partial charge is 0.375 e. The third kappa shape index (κ3) is 4.66. The fraction of sp³-hybridized carbons (Fsp3) is 0.333. The molecule has 2 N–H and O–H groups in total. The van der Waals surface area contributed by atoms with Gasteiger partial charge in [0.15, 0.2) is 0 Å². The van der Waals surface area contributed by atoms with Crippen LogP contribution in [0.4, 0.5) is 4.39 Å². The molecule has 0 aliphatic carbocycles. The lowest BCUT2D eigenvalue weighted by Crippen LogP contribution is -2.17. The van der Waals surface area contributed by atoms with Crippen molar-refractivity contribution in [3.8, 4) is 0 Å². The Balaban J connectivity index is 1.84. The number of halogens is 1. The summed E-state index contributed by atoms with van der Waals surface area (Å²) in [6, 6.07) is 14.7. The average molecular weight is 287 g/mol. The minimum Gasteiger partial charge on any atom is -0.375 e. The molecule has 2 aromatic rings. The van der Waals surface area contributed by atoms with Crippen LogP contribution in [0.3, 0.4) is 0 Å². The summed E-state index contributed by atoms with van der Waals surface area (Å²) in [4.78, 5) is 0. The molecule has 2 rings (SSSR count). The van der Waals surface area contributed by atoms with Crippen LogP contribution in [-0.4, -0.2) is 6.61 Å². The summed E-state index contributed by atoms with van der Waals surface area (Å²) in [6.07, 6.45) is 2.22. The fourth-order valence-electron chi connectivity index (χ4n) is 2.23. The zero-order valence-electron chi connectivity index (χ0n) is 12.4. The first kappa shape index (κ1) is 15.7. The van der Waals surface area contributed by atoms with Gasteiger partial charge < -0.3 is 10.5 Å². The molecule has 112 valence electrons. The van der Waals surface area contributed by atoms with Crippen molar-refractivity contribution in [1.29, 1.82) is 0 Å². The summed E-state index contributed by atoms with van der Waals surface area (Å²) < 4.78 is 19.0. The van der Waals surface area contributed by atoms with E-state index in [1.807, 2.05) is 12.1 Å². The lowest BCUT2D eigenvalue weighted by molar-refractivity contribution is 0.106. The molecule has 21 heavy (non-hydrogen) atoms.